The minimum Gasteiger partial charge on any atom is -0.491 e. The van der Waals surface area contributed by atoms with Gasteiger partial charge in [0.2, 0.25) is 0 Å². The largest absolute Gasteiger partial charge is 0.491 e. The Morgan fingerprint density at radius 3 is 1.24 bits per heavy atom. The lowest BCUT2D eigenvalue weighted by Crippen LogP contribution is -2.33. The number of carbonyl (C=O) groups is 2. The van der Waals surface area contributed by atoms with Crippen molar-refractivity contribution in [3.8, 4) is 5.75 Å². The van der Waals surface area contributed by atoms with Crippen molar-refractivity contribution in [2.24, 2.45) is 0 Å². The molecule has 2 rings (SSSR count). The Morgan fingerprint density at radius 1 is 0.500 bits per heavy atom. The van der Waals surface area contributed by atoms with E-state index in [1.54, 1.807) is 12.1 Å². The minimum absolute atomic E-state index is 0.242. The number of anilines is 1. The summed E-state index contributed by atoms with van der Waals surface area (Å²) in [5, 5.41) is 0. The van der Waals surface area contributed by atoms with E-state index < -0.39 is 0 Å². The highest BCUT2D eigenvalue weighted by Gasteiger charge is 2.22. The van der Waals surface area contributed by atoms with Crippen LogP contribution < -0.4 is 10.5 Å². The van der Waals surface area contributed by atoms with Crippen LogP contribution in [0.1, 0.15) is 0 Å². The number of nitrogens with zero attached hydrogens (tertiary/aromatic N) is 1. The van der Waals surface area contributed by atoms with Crippen LogP contribution in [0.15, 0.2) is 36.4 Å². The molecule has 38 heavy (non-hydrogen) atoms. The fourth-order valence-corrected chi connectivity index (χ4v) is 3.01. The molecule has 0 bridgehead atoms. The van der Waals surface area contributed by atoms with E-state index in [9.17, 15) is 9.59 Å². The van der Waals surface area contributed by atoms with Crippen molar-refractivity contribution in [1.82, 2.24) is 4.90 Å². The van der Waals surface area contributed by atoms with Gasteiger partial charge >= 0.3 is 0 Å². The Morgan fingerprint density at radius 2 is 0.842 bits per heavy atom. The number of nitrogen functional groups attached to an aromatic ring is 1. The van der Waals surface area contributed by atoms with Crippen molar-refractivity contribution >= 4 is 17.5 Å². The van der Waals surface area contributed by atoms with E-state index in [0.717, 1.165) is 10.6 Å². The molecule has 12 heteroatoms. The van der Waals surface area contributed by atoms with Gasteiger partial charge in [-0.05, 0) is 24.3 Å². The van der Waals surface area contributed by atoms with Crippen molar-refractivity contribution in [2.75, 3.05) is 111 Å². The average molecular weight is 541 g/mol. The highest BCUT2D eigenvalue weighted by Crippen LogP contribution is 2.12. The molecule has 0 saturated carbocycles. The number of hydrogen-bond acceptors (Lipinski definition) is 11. The van der Waals surface area contributed by atoms with Crippen LogP contribution in [-0.4, -0.2) is 122 Å². The Bertz CT molecular complexity index is 773. The van der Waals surface area contributed by atoms with E-state index >= 15 is 0 Å². The second-order valence-corrected chi connectivity index (χ2v) is 7.87. The zero-order chi connectivity index (χ0) is 27.1. The molecule has 1 aromatic carbocycles. The van der Waals surface area contributed by atoms with Crippen molar-refractivity contribution < 1.29 is 47.5 Å². The first-order valence-electron chi connectivity index (χ1n) is 12.7. The van der Waals surface area contributed by atoms with Gasteiger partial charge in [-0.1, -0.05) is 0 Å². The highest BCUT2D eigenvalue weighted by molar-refractivity contribution is 6.12. The van der Waals surface area contributed by atoms with Crippen molar-refractivity contribution in [1.29, 1.82) is 0 Å². The van der Waals surface area contributed by atoms with Crippen LogP contribution in [0.25, 0.3) is 0 Å². The van der Waals surface area contributed by atoms with Gasteiger partial charge in [0.25, 0.3) is 11.8 Å². The maximum atomic E-state index is 11.4. The topological polar surface area (TPSA) is 137 Å². The summed E-state index contributed by atoms with van der Waals surface area (Å²) in [6.07, 6.45) is 2.51. The summed E-state index contributed by atoms with van der Waals surface area (Å²) >= 11 is 0. The van der Waals surface area contributed by atoms with E-state index in [-0.39, 0.29) is 25.0 Å². The molecule has 0 aliphatic carbocycles. The number of imide groups is 1. The van der Waals surface area contributed by atoms with Gasteiger partial charge in [-0.25, -0.2) is 0 Å². The summed E-state index contributed by atoms with van der Waals surface area (Å²) in [5.41, 5.74) is 6.33. The molecular weight excluding hydrogens is 500 g/mol. The number of benzene rings is 1. The van der Waals surface area contributed by atoms with Crippen molar-refractivity contribution in [3.05, 3.63) is 36.4 Å². The number of nitrogens with two attached hydrogens (primary N) is 1. The molecule has 0 spiro atoms. The molecule has 0 saturated heterocycles. The standard InChI is InChI=1S/C26H40N2O10/c27-23-1-3-24(4-2-23)38-22-21-37-20-19-36-18-17-35-16-15-34-14-13-33-12-11-32-10-9-31-8-7-28-25(29)5-6-26(28)30/h1-6H,7-22,27H2. The Kier molecular flexibility index (Phi) is 17.8. The van der Waals surface area contributed by atoms with Crippen LogP contribution >= 0.6 is 0 Å². The lowest BCUT2D eigenvalue weighted by Gasteiger charge is -2.13. The molecule has 1 aromatic rings. The summed E-state index contributed by atoms with van der Waals surface area (Å²) in [5.74, 6) is 0.155. The number of rotatable bonds is 25. The zero-order valence-corrected chi connectivity index (χ0v) is 21.9. The van der Waals surface area contributed by atoms with E-state index in [2.05, 4.69) is 0 Å². The van der Waals surface area contributed by atoms with Gasteiger partial charge in [0.05, 0.1) is 99.0 Å². The van der Waals surface area contributed by atoms with Gasteiger partial charge < -0.3 is 43.6 Å². The van der Waals surface area contributed by atoms with Crippen LogP contribution in [0, 0.1) is 0 Å². The number of amides is 2. The first-order chi connectivity index (χ1) is 18.7. The summed E-state index contributed by atoms with van der Waals surface area (Å²) in [7, 11) is 0. The van der Waals surface area contributed by atoms with Gasteiger partial charge in [-0.2, -0.15) is 0 Å². The van der Waals surface area contributed by atoms with Crippen LogP contribution in [0.5, 0.6) is 5.75 Å². The lowest BCUT2D eigenvalue weighted by atomic mass is 10.3. The Labute approximate surface area is 223 Å². The summed E-state index contributed by atoms with van der Waals surface area (Å²) in [6, 6.07) is 7.23. The molecule has 2 amide bonds. The number of ether oxygens (including phenoxy) is 8. The van der Waals surface area contributed by atoms with Crippen LogP contribution in [-0.2, 0) is 42.7 Å². The molecule has 0 atom stereocenters. The van der Waals surface area contributed by atoms with E-state index in [0.29, 0.717) is 98.2 Å². The maximum Gasteiger partial charge on any atom is 0.253 e. The SMILES string of the molecule is Nc1ccc(OCCOCCOCCOCCOCCOCCOCCOCCN2C(=O)C=CC2=O)cc1. The number of hydrogen-bond donors (Lipinski definition) is 1. The third-order valence-electron chi connectivity index (χ3n) is 4.97. The highest BCUT2D eigenvalue weighted by atomic mass is 16.6. The molecule has 214 valence electrons. The molecular formula is C26H40N2O10. The second-order valence-electron chi connectivity index (χ2n) is 7.87. The van der Waals surface area contributed by atoms with Gasteiger partial charge in [0.1, 0.15) is 12.4 Å². The Balaban J connectivity index is 1.19. The fraction of sp³-hybridized carbons (Fsp3) is 0.615. The average Bonchev–Trinajstić information content (AvgIpc) is 3.24. The molecule has 1 aliphatic heterocycles. The van der Waals surface area contributed by atoms with E-state index in [1.807, 2.05) is 12.1 Å². The lowest BCUT2D eigenvalue weighted by molar-refractivity contribution is -0.137. The van der Waals surface area contributed by atoms with Crippen LogP contribution in [0.2, 0.25) is 0 Å². The van der Waals surface area contributed by atoms with Gasteiger partial charge in [-0.15, -0.1) is 0 Å². The molecule has 1 heterocycles. The summed E-state index contributed by atoms with van der Waals surface area (Å²) in [6.45, 7) is 7.08. The fourth-order valence-electron chi connectivity index (χ4n) is 3.01. The third-order valence-corrected chi connectivity index (χ3v) is 4.97. The van der Waals surface area contributed by atoms with Crippen molar-refractivity contribution in [2.45, 2.75) is 0 Å². The predicted molar refractivity (Wildman–Crippen MR) is 138 cm³/mol. The molecule has 1 aliphatic rings. The minimum atomic E-state index is -0.305. The molecule has 12 nitrogen and oxygen atoms in total. The smallest absolute Gasteiger partial charge is 0.253 e. The predicted octanol–water partition coefficient (Wildman–Crippen LogP) is 0.689. The number of carbonyl (C=O) groups excluding carboxylic acids is 2. The maximum absolute atomic E-state index is 11.4. The van der Waals surface area contributed by atoms with Gasteiger partial charge in [0.15, 0.2) is 0 Å². The zero-order valence-electron chi connectivity index (χ0n) is 21.9. The van der Waals surface area contributed by atoms with E-state index in [1.165, 1.54) is 12.2 Å². The molecule has 2 N–H and O–H groups in total. The van der Waals surface area contributed by atoms with Gasteiger partial charge in [0, 0.05) is 17.8 Å². The molecule has 0 fully saturated rings. The van der Waals surface area contributed by atoms with Crippen molar-refractivity contribution in [3.63, 3.8) is 0 Å². The first kappa shape index (κ1) is 31.6. The second kappa shape index (κ2) is 21.4. The molecule has 0 radical (unpaired) electrons. The molecule has 0 aromatic heterocycles. The van der Waals surface area contributed by atoms with Crippen LogP contribution in [0.3, 0.4) is 0 Å². The van der Waals surface area contributed by atoms with Gasteiger partial charge in [-0.3, -0.25) is 14.5 Å². The quantitative estimate of drug-likeness (QED) is 0.107. The third kappa shape index (κ3) is 15.6. The monoisotopic (exact) mass is 540 g/mol. The first-order valence-corrected chi connectivity index (χ1v) is 12.7. The summed E-state index contributed by atoms with van der Waals surface area (Å²) < 4.78 is 43.5. The molecule has 0 unspecified atom stereocenters. The normalized spacial score (nSPS) is 13.1. The Hall–Kier alpha value is -2.58. The van der Waals surface area contributed by atoms with E-state index in [4.69, 9.17) is 43.6 Å². The summed E-state index contributed by atoms with van der Waals surface area (Å²) in [4.78, 5) is 23.9. The van der Waals surface area contributed by atoms with Crippen LogP contribution in [0.4, 0.5) is 5.69 Å².